The first-order chi connectivity index (χ1) is 60.5. The van der Waals surface area contributed by atoms with Gasteiger partial charge in [-0.3, -0.25) is 9.13 Å². The summed E-state index contributed by atoms with van der Waals surface area (Å²) in [7, 11) is 0. The first-order valence-corrected chi connectivity index (χ1v) is 41.6. The fourth-order valence-corrected chi connectivity index (χ4v) is 18.9. The Morgan fingerprint density at radius 2 is 0.410 bits per heavy atom. The maximum Gasteiger partial charge on any atom is 0.235 e. The highest BCUT2D eigenvalue weighted by molar-refractivity contribution is 6.24. The second-order valence-electron chi connectivity index (χ2n) is 31.6. The van der Waals surface area contributed by atoms with Crippen LogP contribution in [0.3, 0.4) is 0 Å². The highest BCUT2D eigenvalue weighted by Gasteiger charge is 2.25. The molecule has 19 aromatic carbocycles. The van der Waals surface area contributed by atoms with Crippen LogP contribution >= 0.6 is 0 Å². The average Bonchev–Trinajstić information content (AvgIpc) is 1.57. The van der Waals surface area contributed by atoms with Crippen molar-refractivity contribution in [3.05, 3.63) is 437 Å². The number of hydrogen-bond donors (Lipinski definition) is 0. The second-order valence-corrected chi connectivity index (χ2v) is 31.6. The Morgan fingerprint density at radius 3 is 0.811 bits per heavy atom. The number of rotatable bonds is 11. The van der Waals surface area contributed by atoms with Gasteiger partial charge in [-0.05, 0) is 180 Å². The number of nitrogens with zero attached hydrogens (tertiary/aromatic N) is 8. The summed E-state index contributed by atoms with van der Waals surface area (Å²) in [4.78, 5) is 21.4. The Labute approximate surface area is 702 Å². The van der Waals surface area contributed by atoms with Crippen LogP contribution in [-0.4, -0.2) is 38.2 Å². The van der Waals surface area contributed by atoms with E-state index in [4.69, 9.17) is 19.9 Å². The summed E-state index contributed by atoms with van der Waals surface area (Å²) < 4.78 is 9.27. The molecule has 0 N–H and O–H groups in total. The summed E-state index contributed by atoms with van der Waals surface area (Å²) in [5.41, 5.74) is 28.9. The third kappa shape index (κ3) is 11.7. The monoisotopic (exact) mass is 1550 g/mol. The average molecular weight is 1550 g/mol. The molecule has 6 aromatic heterocycles. The lowest BCUT2D eigenvalue weighted by Gasteiger charge is -2.12. The number of para-hydroxylation sites is 5. The topological polar surface area (TPSA) is 71.3 Å². The van der Waals surface area contributed by atoms with Crippen molar-refractivity contribution >= 4 is 131 Å². The summed E-state index contributed by atoms with van der Waals surface area (Å²) in [6.45, 7) is 0. The van der Waals surface area contributed by atoms with Gasteiger partial charge < -0.3 is 9.13 Å². The molecule has 568 valence electrons. The zero-order valence-electron chi connectivity index (χ0n) is 66.1. The van der Waals surface area contributed by atoms with Crippen LogP contribution in [-0.2, 0) is 0 Å². The molecule has 0 bridgehead atoms. The molecule has 25 aromatic rings. The molecule has 0 aliphatic rings. The Bertz CT molecular complexity index is 8400. The minimum absolute atomic E-state index is 0.648. The van der Waals surface area contributed by atoms with Crippen LogP contribution in [0.4, 0.5) is 0 Å². The Morgan fingerprint density at radius 1 is 0.148 bits per heavy atom. The number of benzene rings is 19. The van der Waals surface area contributed by atoms with Gasteiger partial charge in [0, 0.05) is 76.4 Å². The molecule has 0 aliphatic carbocycles. The van der Waals surface area contributed by atoms with Crippen molar-refractivity contribution in [2.45, 2.75) is 0 Å². The second kappa shape index (κ2) is 28.7. The van der Waals surface area contributed by atoms with Crippen molar-refractivity contribution < 1.29 is 0 Å². The molecule has 0 saturated carbocycles. The quantitative estimate of drug-likeness (QED) is 0.129. The van der Waals surface area contributed by atoms with E-state index in [1.807, 2.05) is 0 Å². The molecular formula is C114H72N8. The Balaban J connectivity index is 0.000000139. The number of hydrogen-bond acceptors (Lipinski definition) is 4. The van der Waals surface area contributed by atoms with E-state index >= 15 is 0 Å². The lowest BCUT2D eigenvalue weighted by Crippen LogP contribution is -2.03. The van der Waals surface area contributed by atoms with Gasteiger partial charge in [0.15, 0.2) is 0 Å². The van der Waals surface area contributed by atoms with Crippen molar-refractivity contribution in [2.24, 2.45) is 0 Å². The molecular weight excluding hydrogens is 1480 g/mol. The van der Waals surface area contributed by atoms with Crippen LogP contribution in [0, 0.1) is 0 Å². The van der Waals surface area contributed by atoms with Gasteiger partial charge in [0.05, 0.1) is 66.6 Å². The van der Waals surface area contributed by atoms with Gasteiger partial charge >= 0.3 is 0 Å². The highest BCUT2D eigenvalue weighted by Crippen LogP contribution is 2.45. The van der Waals surface area contributed by atoms with E-state index in [1.165, 1.54) is 120 Å². The van der Waals surface area contributed by atoms with Crippen LogP contribution in [0.25, 0.3) is 232 Å². The summed E-state index contributed by atoms with van der Waals surface area (Å²) in [6.07, 6.45) is 0. The smallest absolute Gasteiger partial charge is 0.235 e. The van der Waals surface area contributed by atoms with Gasteiger partial charge in [-0.2, -0.15) is 0 Å². The van der Waals surface area contributed by atoms with Gasteiger partial charge in [0.1, 0.15) is 0 Å². The third-order valence-corrected chi connectivity index (χ3v) is 24.7. The van der Waals surface area contributed by atoms with Crippen molar-refractivity contribution in [1.29, 1.82) is 0 Å². The molecule has 0 atom stereocenters. The first kappa shape index (κ1) is 69.8. The molecule has 0 spiro atoms. The van der Waals surface area contributed by atoms with E-state index in [9.17, 15) is 0 Å². The van der Waals surface area contributed by atoms with Crippen LogP contribution in [0.5, 0.6) is 0 Å². The fourth-order valence-electron chi connectivity index (χ4n) is 18.9. The highest BCUT2D eigenvalue weighted by atomic mass is 15.2. The molecule has 0 fully saturated rings. The zero-order valence-corrected chi connectivity index (χ0v) is 66.1. The van der Waals surface area contributed by atoms with Crippen LogP contribution in [0.2, 0.25) is 0 Å². The van der Waals surface area contributed by atoms with E-state index in [1.54, 1.807) is 0 Å². The van der Waals surface area contributed by atoms with E-state index in [2.05, 4.69) is 455 Å². The first-order valence-electron chi connectivity index (χ1n) is 41.6. The van der Waals surface area contributed by atoms with E-state index < -0.39 is 0 Å². The molecule has 122 heavy (non-hydrogen) atoms. The van der Waals surface area contributed by atoms with Crippen LogP contribution < -0.4 is 0 Å². The number of fused-ring (bicyclic) bond motifs is 18. The lowest BCUT2D eigenvalue weighted by molar-refractivity contribution is 1.01. The molecule has 0 amide bonds. The van der Waals surface area contributed by atoms with Crippen molar-refractivity contribution in [1.82, 2.24) is 38.2 Å². The third-order valence-electron chi connectivity index (χ3n) is 24.7. The molecule has 6 heterocycles. The number of aromatic nitrogens is 8. The van der Waals surface area contributed by atoms with Gasteiger partial charge in [-0.15, -0.1) is 0 Å². The van der Waals surface area contributed by atoms with Gasteiger partial charge in [0.2, 0.25) is 11.9 Å². The van der Waals surface area contributed by atoms with E-state index in [-0.39, 0.29) is 0 Å². The van der Waals surface area contributed by atoms with Crippen molar-refractivity contribution in [3.8, 4) is 101 Å². The van der Waals surface area contributed by atoms with Crippen molar-refractivity contribution in [3.63, 3.8) is 0 Å². The Kier molecular flexibility index (Phi) is 16.5. The molecule has 0 radical (unpaired) electrons. The molecule has 8 heteroatoms. The summed E-state index contributed by atoms with van der Waals surface area (Å²) in [6, 6.07) is 157. The lowest BCUT2D eigenvalue weighted by atomic mass is 9.99. The molecule has 25 rings (SSSR count). The standard InChI is InChI=1S/C60H38N4.C54H34N4/c1-3-13-39(14-4-1)41-23-25-44(26-24-41)59-50-20-9-11-21-53(50)61-60(62-59)64-56-35-31-46(38-52(56)58-48-18-8-7-17-43(48)29-36-57(58)64)45-30-34-55-51(37-45)49-19-10-12-22-54(49)63(55)47-32-27-42(28-33-47)40-15-5-2-6-16-40;1-2-12-35(13-3-1)36-22-24-39(25-23-36)53-45-18-6-9-19-47(45)55-54(56-53)58-50-32-29-40(34-46(50)52-42-15-5-4-14-38(42)28-33-51(52)58)37-26-30-41(31-27-37)57-48-20-10-7-16-43(48)44-17-8-11-21-49(44)57/h1-38H;1-34H. The van der Waals surface area contributed by atoms with Crippen LogP contribution in [0.15, 0.2) is 437 Å². The van der Waals surface area contributed by atoms with E-state index in [0.29, 0.717) is 11.9 Å². The minimum atomic E-state index is 0.648. The molecule has 8 nitrogen and oxygen atoms in total. The maximum absolute atomic E-state index is 5.44. The van der Waals surface area contributed by atoms with Gasteiger partial charge in [0.25, 0.3) is 0 Å². The van der Waals surface area contributed by atoms with E-state index in [0.717, 1.165) is 99.8 Å². The molecule has 0 saturated heterocycles. The predicted octanol–water partition coefficient (Wildman–Crippen LogP) is 29.6. The minimum Gasteiger partial charge on any atom is -0.309 e. The Hall–Kier alpha value is -16.4. The maximum atomic E-state index is 5.44. The van der Waals surface area contributed by atoms with Gasteiger partial charge in [-0.25, -0.2) is 19.9 Å². The summed E-state index contributed by atoms with van der Waals surface area (Å²) in [5.74, 6) is 1.30. The van der Waals surface area contributed by atoms with Crippen LogP contribution in [0.1, 0.15) is 0 Å². The molecule has 0 aliphatic heterocycles. The van der Waals surface area contributed by atoms with Gasteiger partial charge in [-0.1, -0.05) is 334 Å². The fraction of sp³-hybridized carbons (Fsp3) is 0. The normalized spacial score (nSPS) is 11.8. The predicted molar refractivity (Wildman–Crippen MR) is 509 cm³/mol. The largest absolute Gasteiger partial charge is 0.309 e. The summed E-state index contributed by atoms with van der Waals surface area (Å²) in [5, 5.41) is 16.6. The van der Waals surface area contributed by atoms with Crippen molar-refractivity contribution in [2.75, 3.05) is 0 Å². The molecule has 0 unspecified atom stereocenters. The SMILES string of the molecule is c1ccc(-c2ccc(-c3nc(-n4c5ccc(-c6ccc(-n7c8ccccc8c8ccccc87)cc6)cc5c5c6ccccc6ccc54)nc4ccccc34)cc2)cc1.c1ccc(-c2ccc(-c3nc(-n4c5ccc(-c6ccc7c(c6)c6ccccc6n7-c6ccc(-c7ccccc7)cc6)cc5c5c6ccccc6ccc54)nc4ccccc34)cc2)cc1. The zero-order chi connectivity index (χ0) is 80.3. The summed E-state index contributed by atoms with van der Waals surface area (Å²) >= 11 is 0.